The number of hydrogen-bond acceptors (Lipinski definition) is 1. The van der Waals surface area contributed by atoms with Crippen LogP contribution in [0.3, 0.4) is 0 Å². The van der Waals surface area contributed by atoms with Crippen molar-refractivity contribution in [1.82, 2.24) is 10.3 Å². The number of benzene rings is 1. The van der Waals surface area contributed by atoms with Gasteiger partial charge in [0, 0.05) is 23.7 Å². The Kier molecular flexibility index (Phi) is 1.43. The Morgan fingerprint density at radius 2 is 2.38 bits per heavy atom. The first-order valence-corrected chi connectivity index (χ1v) is 4.66. The van der Waals surface area contributed by atoms with Crippen molar-refractivity contribution >= 4 is 10.9 Å². The Bertz CT molecular complexity index is 442. The minimum Gasteiger partial charge on any atom is -0.357 e. The Labute approximate surface area is 77.0 Å². The molecule has 1 aromatic carbocycles. The normalized spacial score (nSPS) is 16.0. The highest BCUT2D eigenvalue weighted by Crippen LogP contribution is 2.23. The van der Waals surface area contributed by atoms with Crippen LogP contribution in [0.5, 0.6) is 0 Å². The van der Waals surface area contributed by atoms with Crippen molar-refractivity contribution in [3.05, 3.63) is 35.5 Å². The average molecular weight is 171 g/mol. The van der Waals surface area contributed by atoms with E-state index in [-0.39, 0.29) is 0 Å². The van der Waals surface area contributed by atoms with Crippen LogP contribution in [-0.2, 0) is 13.0 Å². The number of para-hydroxylation sites is 1. The van der Waals surface area contributed by atoms with Gasteiger partial charge in [0.15, 0.2) is 0 Å². The highest BCUT2D eigenvalue weighted by molar-refractivity contribution is 5.84. The zero-order chi connectivity index (χ0) is 8.67. The second-order valence-electron chi connectivity index (χ2n) is 3.47. The van der Waals surface area contributed by atoms with E-state index in [1.54, 1.807) is 0 Å². The van der Waals surface area contributed by atoms with Crippen LogP contribution in [0, 0.1) is 6.07 Å². The number of aromatic amines is 1. The van der Waals surface area contributed by atoms with E-state index in [1.807, 2.05) is 6.07 Å². The van der Waals surface area contributed by atoms with Crippen molar-refractivity contribution in [3.63, 3.8) is 0 Å². The molecule has 0 bridgehead atoms. The third kappa shape index (κ3) is 0.988. The highest BCUT2D eigenvalue weighted by atomic mass is 14.9. The molecule has 13 heavy (non-hydrogen) atoms. The zero-order valence-electron chi connectivity index (χ0n) is 7.35. The van der Waals surface area contributed by atoms with E-state index >= 15 is 0 Å². The number of aromatic nitrogens is 1. The van der Waals surface area contributed by atoms with Gasteiger partial charge in [0.25, 0.3) is 0 Å². The Hall–Kier alpha value is -1.28. The van der Waals surface area contributed by atoms with Gasteiger partial charge in [-0.15, -0.1) is 0 Å². The van der Waals surface area contributed by atoms with Crippen molar-refractivity contribution in [2.45, 2.75) is 13.0 Å². The van der Waals surface area contributed by atoms with Gasteiger partial charge in [-0.2, -0.15) is 0 Å². The lowest BCUT2D eigenvalue weighted by Crippen LogP contribution is -2.22. The number of nitrogens with one attached hydrogen (secondary N) is 2. The minimum atomic E-state index is 0.970. The van der Waals surface area contributed by atoms with Gasteiger partial charge in [-0.3, -0.25) is 0 Å². The molecule has 0 unspecified atom stereocenters. The topological polar surface area (TPSA) is 27.8 Å². The van der Waals surface area contributed by atoms with Gasteiger partial charge < -0.3 is 10.3 Å². The molecular formula is C11H11N2. The van der Waals surface area contributed by atoms with Gasteiger partial charge in [-0.1, -0.05) is 18.2 Å². The summed E-state index contributed by atoms with van der Waals surface area (Å²) in [5, 5.41) is 4.70. The summed E-state index contributed by atoms with van der Waals surface area (Å²) < 4.78 is 0. The lowest BCUT2D eigenvalue weighted by atomic mass is 10.1. The Morgan fingerprint density at radius 1 is 1.38 bits per heavy atom. The summed E-state index contributed by atoms with van der Waals surface area (Å²) in [5.41, 5.74) is 3.96. The molecule has 0 aliphatic carbocycles. The van der Waals surface area contributed by atoms with Crippen molar-refractivity contribution in [3.8, 4) is 0 Å². The van der Waals surface area contributed by atoms with Crippen molar-refractivity contribution in [2.24, 2.45) is 0 Å². The molecule has 2 nitrogen and oxygen atoms in total. The smallest absolute Gasteiger partial charge is 0.0539 e. The number of hydrogen-bond donors (Lipinski definition) is 2. The first kappa shape index (κ1) is 7.15. The molecule has 2 N–H and O–H groups in total. The molecular weight excluding hydrogens is 160 g/mol. The second-order valence-corrected chi connectivity index (χ2v) is 3.47. The quantitative estimate of drug-likeness (QED) is 0.619. The molecule has 1 aliphatic rings. The summed E-state index contributed by atoms with van der Waals surface area (Å²) in [6.07, 6.45) is 1.13. The molecule has 0 atom stereocenters. The van der Waals surface area contributed by atoms with Gasteiger partial charge in [0.05, 0.1) is 5.52 Å². The molecule has 3 rings (SSSR count). The summed E-state index contributed by atoms with van der Waals surface area (Å²) in [4.78, 5) is 3.40. The van der Waals surface area contributed by atoms with Crippen molar-refractivity contribution < 1.29 is 0 Å². The van der Waals surface area contributed by atoms with E-state index < -0.39 is 0 Å². The summed E-state index contributed by atoms with van der Waals surface area (Å²) >= 11 is 0. The number of fused-ring (bicyclic) bond motifs is 3. The molecule has 2 aromatic rings. The number of rotatable bonds is 0. The van der Waals surface area contributed by atoms with Crippen LogP contribution in [-0.4, -0.2) is 11.5 Å². The molecule has 2 heteroatoms. The number of H-pyrrole nitrogens is 1. The highest BCUT2D eigenvalue weighted by Gasteiger charge is 2.13. The van der Waals surface area contributed by atoms with Crippen molar-refractivity contribution in [2.75, 3.05) is 6.54 Å². The zero-order valence-corrected chi connectivity index (χ0v) is 7.35. The minimum absolute atomic E-state index is 0.970. The lowest BCUT2D eigenvalue weighted by Gasteiger charge is -2.12. The first-order chi connectivity index (χ1) is 6.45. The van der Waals surface area contributed by atoms with Crippen LogP contribution in [0.1, 0.15) is 11.3 Å². The van der Waals surface area contributed by atoms with E-state index in [0.29, 0.717) is 0 Å². The third-order valence-corrected chi connectivity index (χ3v) is 2.67. The molecule has 0 fully saturated rings. The van der Waals surface area contributed by atoms with Crippen molar-refractivity contribution in [1.29, 1.82) is 0 Å². The molecule has 65 valence electrons. The maximum absolute atomic E-state index is 3.40. The standard InChI is InChI=1S/C11H11N2/c1-2-4-10-8(3-1)9-5-6-12-7-11(9)13-10/h1-3,12-13H,5-7H2. The monoisotopic (exact) mass is 171 g/mol. The largest absolute Gasteiger partial charge is 0.357 e. The molecule has 1 radical (unpaired) electrons. The predicted octanol–water partition coefficient (Wildman–Crippen LogP) is 1.61. The van der Waals surface area contributed by atoms with E-state index in [1.165, 1.54) is 16.6 Å². The van der Waals surface area contributed by atoms with Crippen LogP contribution in [0.4, 0.5) is 0 Å². The molecule has 0 saturated carbocycles. The van der Waals surface area contributed by atoms with E-state index in [4.69, 9.17) is 0 Å². The third-order valence-electron chi connectivity index (χ3n) is 2.67. The first-order valence-electron chi connectivity index (χ1n) is 4.66. The maximum Gasteiger partial charge on any atom is 0.0539 e. The molecule has 0 saturated heterocycles. The van der Waals surface area contributed by atoms with Crippen LogP contribution >= 0.6 is 0 Å². The van der Waals surface area contributed by atoms with Crippen LogP contribution in [0.25, 0.3) is 10.9 Å². The average Bonchev–Trinajstić information content (AvgIpc) is 2.56. The van der Waals surface area contributed by atoms with E-state index in [0.717, 1.165) is 25.0 Å². The van der Waals surface area contributed by atoms with Gasteiger partial charge >= 0.3 is 0 Å². The Morgan fingerprint density at radius 3 is 3.38 bits per heavy atom. The van der Waals surface area contributed by atoms with Crippen LogP contribution in [0.15, 0.2) is 18.2 Å². The summed E-state index contributed by atoms with van der Waals surface area (Å²) in [7, 11) is 0. The predicted molar refractivity (Wildman–Crippen MR) is 52.5 cm³/mol. The fourth-order valence-electron chi connectivity index (χ4n) is 2.04. The molecule has 2 heterocycles. The molecule has 1 aliphatic heterocycles. The van der Waals surface area contributed by atoms with E-state index in [2.05, 4.69) is 28.5 Å². The van der Waals surface area contributed by atoms with Gasteiger partial charge in [0.1, 0.15) is 0 Å². The molecule has 1 aromatic heterocycles. The van der Waals surface area contributed by atoms with Gasteiger partial charge in [-0.05, 0) is 18.5 Å². The van der Waals surface area contributed by atoms with Gasteiger partial charge in [0.2, 0.25) is 0 Å². The lowest BCUT2D eigenvalue weighted by molar-refractivity contribution is 0.637. The molecule has 0 amide bonds. The van der Waals surface area contributed by atoms with Gasteiger partial charge in [-0.25, -0.2) is 0 Å². The fourth-order valence-corrected chi connectivity index (χ4v) is 2.04. The Balaban J connectivity index is 2.34. The summed E-state index contributed by atoms with van der Waals surface area (Å²) in [6, 6.07) is 9.41. The SMILES string of the molecule is [c]1cccc2c3c([nH]c12)CNCC3. The van der Waals surface area contributed by atoms with E-state index in [9.17, 15) is 0 Å². The fraction of sp³-hybridized carbons (Fsp3) is 0.273. The molecule has 0 spiro atoms. The maximum atomic E-state index is 3.40. The summed E-state index contributed by atoms with van der Waals surface area (Å²) in [5.74, 6) is 0. The summed E-state index contributed by atoms with van der Waals surface area (Å²) in [6.45, 7) is 2.06. The van der Waals surface area contributed by atoms with Crippen LogP contribution < -0.4 is 5.32 Å². The second kappa shape index (κ2) is 2.60. The van der Waals surface area contributed by atoms with Crippen LogP contribution in [0.2, 0.25) is 0 Å².